The molecule has 2 nitrogen and oxygen atoms in total. The summed E-state index contributed by atoms with van der Waals surface area (Å²) >= 11 is 1.75. The third kappa shape index (κ3) is 1.38. The van der Waals surface area contributed by atoms with E-state index < -0.39 is 0 Å². The molecule has 1 aromatic carbocycles. The molecule has 80 valence electrons. The SMILES string of the molecule is N#Cc1c(N2CCCC2)sc2ccccc12. The number of hydrogen-bond acceptors (Lipinski definition) is 3. The monoisotopic (exact) mass is 228 g/mol. The van der Waals surface area contributed by atoms with Crippen LogP contribution < -0.4 is 4.90 Å². The average molecular weight is 228 g/mol. The van der Waals surface area contributed by atoms with Gasteiger partial charge in [-0.25, -0.2) is 0 Å². The molecule has 0 amide bonds. The van der Waals surface area contributed by atoms with Crippen molar-refractivity contribution in [2.45, 2.75) is 12.8 Å². The van der Waals surface area contributed by atoms with Crippen LogP contribution in [0.2, 0.25) is 0 Å². The second-order valence-electron chi connectivity index (χ2n) is 4.08. The first-order valence-electron chi connectivity index (χ1n) is 5.57. The first-order chi connectivity index (χ1) is 7.90. The van der Waals surface area contributed by atoms with Gasteiger partial charge < -0.3 is 4.90 Å². The molecule has 3 heteroatoms. The van der Waals surface area contributed by atoms with Gasteiger partial charge in [-0.15, -0.1) is 11.3 Å². The summed E-state index contributed by atoms with van der Waals surface area (Å²) in [5.41, 5.74) is 0.863. The number of hydrogen-bond donors (Lipinski definition) is 0. The van der Waals surface area contributed by atoms with Gasteiger partial charge in [0.15, 0.2) is 0 Å². The van der Waals surface area contributed by atoms with Crippen molar-refractivity contribution >= 4 is 26.4 Å². The molecule has 0 bridgehead atoms. The van der Waals surface area contributed by atoms with E-state index in [4.69, 9.17) is 0 Å². The Hall–Kier alpha value is -1.53. The van der Waals surface area contributed by atoms with Crippen LogP contribution >= 0.6 is 11.3 Å². The van der Waals surface area contributed by atoms with E-state index in [0.717, 1.165) is 24.0 Å². The van der Waals surface area contributed by atoms with Crippen molar-refractivity contribution in [2.24, 2.45) is 0 Å². The Bertz CT molecular complexity index is 559. The minimum Gasteiger partial charge on any atom is -0.362 e. The van der Waals surface area contributed by atoms with Crippen LogP contribution in [-0.4, -0.2) is 13.1 Å². The summed E-state index contributed by atoms with van der Waals surface area (Å²) < 4.78 is 1.22. The molecule has 0 atom stereocenters. The molecule has 0 unspecified atom stereocenters. The van der Waals surface area contributed by atoms with E-state index in [1.54, 1.807) is 11.3 Å². The van der Waals surface area contributed by atoms with Gasteiger partial charge >= 0.3 is 0 Å². The molecule has 2 heterocycles. The maximum Gasteiger partial charge on any atom is 0.110 e. The number of nitriles is 1. The first-order valence-corrected chi connectivity index (χ1v) is 6.38. The van der Waals surface area contributed by atoms with E-state index in [-0.39, 0.29) is 0 Å². The molecular weight excluding hydrogens is 216 g/mol. The molecule has 0 aliphatic carbocycles. The summed E-state index contributed by atoms with van der Waals surface area (Å²) in [5, 5.41) is 11.6. The summed E-state index contributed by atoms with van der Waals surface area (Å²) in [6.07, 6.45) is 2.50. The minimum absolute atomic E-state index is 0.863. The highest BCUT2D eigenvalue weighted by Gasteiger charge is 2.20. The van der Waals surface area contributed by atoms with Crippen LogP contribution in [0, 0.1) is 11.3 Å². The molecule has 1 aromatic heterocycles. The molecular formula is C13H12N2S. The van der Waals surface area contributed by atoms with Crippen LogP contribution in [0.4, 0.5) is 5.00 Å². The topological polar surface area (TPSA) is 27.0 Å². The smallest absolute Gasteiger partial charge is 0.110 e. The second-order valence-corrected chi connectivity index (χ2v) is 5.11. The lowest BCUT2D eigenvalue weighted by Gasteiger charge is -2.14. The fraction of sp³-hybridized carbons (Fsp3) is 0.308. The van der Waals surface area contributed by atoms with Crippen molar-refractivity contribution in [3.05, 3.63) is 29.8 Å². The van der Waals surface area contributed by atoms with Gasteiger partial charge in [0.05, 0.1) is 5.56 Å². The zero-order valence-electron chi connectivity index (χ0n) is 8.94. The lowest BCUT2D eigenvalue weighted by atomic mass is 10.2. The first kappa shape index (κ1) is 9.68. The maximum atomic E-state index is 9.30. The van der Waals surface area contributed by atoms with Gasteiger partial charge in [0.25, 0.3) is 0 Å². The Kier molecular flexibility index (Phi) is 2.30. The highest BCUT2D eigenvalue weighted by atomic mass is 32.1. The molecule has 2 aromatic rings. The molecule has 0 saturated carbocycles. The van der Waals surface area contributed by atoms with Crippen LogP contribution in [0.1, 0.15) is 18.4 Å². The summed E-state index contributed by atoms with van der Waals surface area (Å²) in [6, 6.07) is 10.5. The highest BCUT2D eigenvalue weighted by Crippen LogP contribution is 2.38. The van der Waals surface area contributed by atoms with Crippen molar-refractivity contribution in [2.75, 3.05) is 18.0 Å². The maximum absolute atomic E-state index is 9.30. The van der Waals surface area contributed by atoms with Crippen molar-refractivity contribution in [3.63, 3.8) is 0 Å². The fourth-order valence-corrected chi connectivity index (χ4v) is 3.49. The molecule has 1 aliphatic heterocycles. The van der Waals surface area contributed by atoms with Gasteiger partial charge in [-0.05, 0) is 18.9 Å². The molecule has 1 fully saturated rings. The third-order valence-electron chi connectivity index (χ3n) is 3.08. The van der Waals surface area contributed by atoms with E-state index in [2.05, 4.69) is 17.0 Å². The van der Waals surface area contributed by atoms with E-state index in [9.17, 15) is 5.26 Å². The molecule has 16 heavy (non-hydrogen) atoms. The van der Waals surface area contributed by atoms with Crippen LogP contribution in [0.15, 0.2) is 24.3 Å². The third-order valence-corrected chi connectivity index (χ3v) is 4.31. The summed E-state index contributed by atoms with van der Waals surface area (Å²) in [7, 11) is 0. The number of benzene rings is 1. The van der Waals surface area contributed by atoms with Crippen molar-refractivity contribution in [1.82, 2.24) is 0 Å². The molecule has 1 saturated heterocycles. The van der Waals surface area contributed by atoms with E-state index in [0.29, 0.717) is 0 Å². The molecule has 0 N–H and O–H groups in total. The lowest BCUT2D eigenvalue weighted by Crippen LogP contribution is -2.16. The Morgan fingerprint density at radius 3 is 2.69 bits per heavy atom. The largest absolute Gasteiger partial charge is 0.362 e. The Labute approximate surface area is 98.7 Å². The standard InChI is InChI=1S/C13H12N2S/c14-9-11-10-5-1-2-6-12(10)16-13(11)15-7-3-4-8-15/h1-2,5-6H,3-4,7-8H2. The quantitative estimate of drug-likeness (QED) is 0.748. The van der Waals surface area contributed by atoms with Crippen molar-refractivity contribution in [3.8, 4) is 6.07 Å². The number of nitrogens with zero attached hydrogens (tertiary/aromatic N) is 2. The summed E-state index contributed by atoms with van der Waals surface area (Å²) in [4.78, 5) is 2.35. The Balaban J connectivity index is 2.20. The predicted octanol–water partition coefficient (Wildman–Crippen LogP) is 3.37. The van der Waals surface area contributed by atoms with Gasteiger partial charge in [0.2, 0.25) is 0 Å². The van der Waals surface area contributed by atoms with Gasteiger partial charge in [-0.3, -0.25) is 0 Å². The van der Waals surface area contributed by atoms with Gasteiger partial charge in [-0.2, -0.15) is 5.26 Å². The van der Waals surface area contributed by atoms with Crippen LogP contribution in [0.3, 0.4) is 0 Å². The molecule has 1 aliphatic rings. The zero-order valence-corrected chi connectivity index (χ0v) is 9.76. The van der Waals surface area contributed by atoms with Crippen LogP contribution in [-0.2, 0) is 0 Å². The van der Waals surface area contributed by atoms with Gasteiger partial charge in [0, 0.05) is 23.2 Å². The zero-order chi connectivity index (χ0) is 11.0. The normalized spacial score (nSPS) is 15.6. The van der Waals surface area contributed by atoms with Gasteiger partial charge in [-0.1, -0.05) is 18.2 Å². The van der Waals surface area contributed by atoms with Crippen LogP contribution in [0.25, 0.3) is 10.1 Å². The summed E-state index contributed by atoms with van der Waals surface area (Å²) in [6.45, 7) is 2.20. The van der Waals surface area contributed by atoms with E-state index in [1.165, 1.54) is 22.5 Å². The number of anilines is 1. The Morgan fingerprint density at radius 1 is 1.19 bits per heavy atom. The predicted molar refractivity (Wildman–Crippen MR) is 68.0 cm³/mol. The van der Waals surface area contributed by atoms with E-state index >= 15 is 0 Å². The van der Waals surface area contributed by atoms with Crippen LogP contribution in [0.5, 0.6) is 0 Å². The van der Waals surface area contributed by atoms with Gasteiger partial charge in [0.1, 0.15) is 11.1 Å². The fourth-order valence-electron chi connectivity index (χ4n) is 2.28. The van der Waals surface area contributed by atoms with E-state index in [1.807, 2.05) is 18.2 Å². The number of thiophene rings is 1. The average Bonchev–Trinajstić information content (AvgIpc) is 2.95. The molecule has 0 radical (unpaired) electrons. The number of fused-ring (bicyclic) bond motifs is 1. The number of rotatable bonds is 1. The highest BCUT2D eigenvalue weighted by molar-refractivity contribution is 7.23. The van der Waals surface area contributed by atoms with Crippen molar-refractivity contribution < 1.29 is 0 Å². The summed E-state index contributed by atoms with van der Waals surface area (Å²) in [5.74, 6) is 0. The molecule has 3 rings (SSSR count). The lowest BCUT2D eigenvalue weighted by molar-refractivity contribution is 0.949. The molecule has 0 spiro atoms. The minimum atomic E-state index is 0.863. The Morgan fingerprint density at radius 2 is 1.94 bits per heavy atom. The second kappa shape index (κ2) is 3.80. The van der Waals surface area contributed by atoms with Crippen molar-refractivity contribution in [1.29, 1.82) is 5.26 Å².